The number of ether oxygens (including phenoxy) is 3. The number of aromatic nitrogens is 2. The van der Waals surface area contributed by atoms with Crippen LogP contribution in [0.3, 0.4) is 0 Å². The third-order valence-corrected chi connectivity index (χ3v) is 8.50. The maximum atomic E-state index is 13.6. The highest BCUT2D eigenvalue weighted by molar-refractivity contribution is 9.13. The molecule has 0 bridgehead atoms. The fourth-order valence-corrected chi connectivity index (χ4v) is 5.38. The molecule has 9 nitrogen and oxygen atoms in total. The Labute approximate surface area is 259 Å². The van der Waals surface area contributed by atoms with E-state index in [1.54, 1.807) is 31.2 Å². The van der Waals surface area contributed by atoms with E-state index in [1.165, 1.54) is 10.9 Å². The molecule has 5 aromatic rings. The van der Waals surface area contributed by atoms with Gasteiger partial charge in [-0.25, -0.2) is 9.78 Å². The molecule has 0 aliphatic carbocycles. The quantitative estimate of drug-likeness (QED) is 0.115. The van der Waals surface area contributed by atoms with Crippen molar-refractivity contribution in [3.05, 3.63) is 83.9 Å². The third-order valence-electron chi connectivity index (χ3n) is 5.86. The molecule has 2 heterocycles. The van der Waals surface area contributed by atoms with E-state index < -0.39 is 5.97 Å². The Balaban J connectivity index is 1.62. The van der Waals surface area contributed by atoms with Crippen LogP contribution in [0.1, 0.15) is 19.4 Å². The molecule has 210 valence electrons. The zero-order chi connectivity index (χ0) is 29.1. The summed E-state index contributed by atoms with van der Waals surface area (Å²) in [4.78, 5) is 30.2. The van der Waals surface area contributed by atoms with Gasteiger partial charge in [0.2, 0.25) is 5.82 Å². The SMILES string of the molecule is CCOC(=O)COc1c(OCC)cc(C=Nn2c(-c3cc4cc(Br)ccc4o3)nc3ccccc3c2=O)c(Br)c1Br. The average molecular weight is 748 g/mol. The van der Waals surface area contributed by atoms with Crippen molar-refractivity contribution in [2.24, 2.45) is 5.10 Å². The van der Waals surface area contributed by atoms with Gasteiger partial charge in [-0.2, -0.15) is 9.78 Å². The second kappa shape index (κ2) is 12.6. The van der Waals surface area contributed by atoms with Gasteiger partial charge in [-0.1, -0.05) is 28.1 Å². The van der Waals surface area contributed by atoms with Crippen molar-refractivity contribution in [1.82, 2.24) is 9.66 Å². The van der Waals surface area contributed by atoms with Crippen molar-refractivity contribution in [2.75, 3.05) is 19.8 Å². The Kier molecular flexibility index (Phi) is 8.91. The zero-order valence-electron chi connectivity index (χ0n) is 21.8. The number of furan rings is 1. The number of fused-ring (bicyclic) bond motifs is 2. The van der Waals surface area contributed by atoms with Gasteiger partial charge in [-0.15, -0.1) is 0 Å². The Morgan fingerprint density at radius 3 is 2.61 bits per heavy atom. The standard InChI is InChI=1S/C29H22Br3N3O6/c1-3-38-22-13-17(25(31)26(32)27(22)40-15-24(36)39-4-2)14-33-35-28(34-20-8-6-5-7-19(20)29(35)37)23-12-16-11-18(30)9-10-21(16)41-23/h5-14H,3-4,15H2,1-2H3. The first kappa shape index (κ1) is 29.0. The molecule has 0 atom stereocenters. The highest BCUT2D eigenvalue weighted by Crippen LogP contribution is 2.42. The maximum Gasteiger partial charge on any atom is 0.344 e. The van der Waals surface area contributed by atoms with Crippen molar-refractivity contribution in [3.8, 4) is 23.1 Å². The molecular weight excluding hydrogens is 726 g/mol. The fourth-order valence-electron chi connectivity index (χ4n) is 4.06. The fraction of sp³-hybridized carbons (Fsp3) is 0.172. The second-order valence-corrected chi connectivity index (χ2v) is 11.1. The minimum Gasteiger partial charge on any atom is -0.490 e. The van der Waals surface area contributed by atoms with Gasteiger partial charge >= 0.3 is 5.97 Å². The van der Waals surface area contributed by atoms with E-state index in [9.17, 15) is 9.59 Å². The van der Waals surface area contributed by atoms with Crippen LogP contribution in [0.4, 0.5) is 0 Å². The summed E-state index contributed by atoms with van der Waals surface area (Å²) in [6.07, 6.45) is 1.51. The van der Waals surface area contributed by atoms with Gasteiger partial charge in [0, 0.05) is 19.9 Å². The van der Waals surface area contributed by atoms with E-state index >= 15 is 0 Å². The molecule has 0 aliphatic heterocycles. The number of rotatable bonds is 9. The lowest BCUT2D eigenvalue weighted by molar-refractivity contribution is -0.145. The molecule has 12 heteroatoms. The van der Waals surface area contributed by atoms with Crippen LogP contribution < -0.4 is 15.0 Å². The van der Waals surface area contributed by atoms with Gasteiger partial charge in [0.15, 0.2) is 23.9 Å². The smallest absolute Gasteiger partial charge is 0.344 e. The Bertz CT molecular complexity index is 1870. The second-order valence-electron chi connectivity index (χ2n) is 8.55. The molecule has 0 spiro atoms. The van der Waals surface area contributed by atoms with Gasteiger partial charge in [0.05, 0.1) is 34.8 Å². The molecule has 5 rings (SSSR count). The van der Waals surface area contributed by atoms with Gasteiger partial charge < -0.3 is 18.6 Å². The first-order chi connectivity index (χ1) is 19.8. The summed E-state index contributed by atoms with van der Waals surface area (Å²) in [6, 6.07) is 16.2. The number of benzene rings is 3. The Morgan fingerprint density at radius 2 is 1.83 bits per heavy atom. The zero-order valence-corrected chi connectivity index (χ0v) is 26.6. The van der Waals surface area contributed by atoms with Crippen LogP contribution in [-0.2, 0) is 9.53 Å². The summed E-state index contributed by atoms with van der Waals surface area (Å²) >= 11 is 10.6. The Morgan fingerprint density at radius 1 is 1.02 bits per heavy atom. The molecule has 0 unspecified atom stereocenters. The molecule has 0 saturated carbocycles. The monoisotopic (exact) mass is 745 g/mol. The maximum absolute atomic E-state index is 13.6. The van der Waals surface area contributed by atoms with Crippen LogP contribution in [0.15, 0.2) is 82.3 Å². The predicted octanol–water partition coefficient (Wildman–Crippen LogP) is 7.32. The first-order valence-electron chi connectivity index (χ1n) is 12.5. The summed E-state index contributed by atoms with van der Waals surface area (Å²) in [7, 11) is 0. The lowest BCUT2D eigenvalue weighted by Crippen LogP contribution is -2.20. The molecule has 3 aromatic carbocycles. The van der Waals surface area contributed by atoms with Gasteiger partial charge in [0.25, 0.3) is 5.56 Å². The summed E-state index contributed by atoms with van der Waals surface area (Å²) in [5, 5.41) is 5.80. The van der Waals surface area contributed by atoms with Gasteiger partial charge in [-0.05, 0) is 88.2 Å². The van der Waals surface area contributed by atoms with E-state index in [0.29, 0.717) is 54.9 Å². The topological polar surface area (TPSA) is 105 Å². The highest BCUT2D eigenvalue weighted by atomic mass is 79.9. The van der Waals surface area contributed by atoms with E-state index in [2.05, 4.69) is 52.9 Å². The minimum atomic E-state index is -0.503. The van der Waals surface area contributed by atoms with Crippen molar-refractivity contribution >= 4 is 81.8 Å². The van der Waals surface area contributed by atoms with Crippen LogP contribution in [0, 0.1) is 0 Å². The molecular formula is C29H22Br3N3O6. The molecule has 41 heavy (non-hydrogen) atoms. The van der Waals surface area contributed by atoms with Crippen LogP contribution in [-0.4, -0.2) is 41.7 Å². The summed E-state index contributed by atoms with van der Waals surface area (Å²) in [6.45, 7) is 3.86. The largest absolute Gasteiger partial charge is 0.490 e. The molecule has 0 fully saturated rings. The third kappa shape index (κ3) is 6.09. The summed E-state index contributed by atoms with van der Waals surface area (Å²) < 4.78 is 25.7. The number of hydrogen-bond acceptors (Lipinski definition) is 8. The predicted molar refractivity (Wildman–Crippen MR) is 167 cm³/mol. The van der Waals surface area contributed by atoms with E-state index in [1.807, 2.05) is 37.3 Å². The molecule has 0 amide bonds. The van der Waals surface area contributed by atoms with Crippen molar-refractivity contribution in [3.63, 3.8) is 0 Å². The van der Waals surface area contributed by atoms with Gasteiger partial charge in [-0.3, -0.25) is 4.79 Å². The minimum absolute atomic E-state index is 0.242. The molecule has 2 aromatic heterocycles. The van der Waals surface area contributed by atoms with Gasteiger partial charge in [0.1, 0.15) is 5.58 Å². The summed E-state index contributed by atoms with van der Waals surface area (Å²) in [5.74, 6) is 0.822. The Hall–Kier alpha value is -3.48. The van der Waals surface area contributed by atoms with Crippen LogP contribution >= 0.6 is 47.8 Å². The lowest BCUT2D eigenvalue weighted by atomic mass is 10.2. The van der Waals surface area contributed by atoms with Crippen molar-refractivity contribution < 1.29 is 23.4 Å². The molecule has 0 aliphatic rings. The van der Waals surface area contributed by atoms with Crippen LogP contribution in [0.5, 0.6) is 11.5 Å². The number of halogens is 3. The average Bonchev–Trinajstić information content (AvgIpc) is 3.38. The molecule has 0 saturated heterocycles. The van der Waals surface area contributed by atoms with Crippen molar-refractivity contribution in [2.45, 2.75) is 13.8 Å². The first-order valence-corrected chi connectivity index (χ1v) is 14.9. The number of hydrogen-bond donors (Lipinski definition) is 0. The molecule has 0 radical (unpaired) electrons. The van der Waals surface area contributed by atoms with Crippen LogP contribution in [0.25, 0.3) is 33.5 Å². The number of carbonyl (C=O) groups excluding carboxylic acids is 1. The number of carbonyl (C=O) groups is 1. The normalized spacial score (nSPS) is 11.4. The highest BCUT2D eigenvalue weighted by Gasteiger charge is 2.20. The van der Waals surface area contributed by atoms with E-state index in [0.717, 1.165) is 9.86 Å². The number of esters is 1. The lowest BCUT2D eigenvalue weighted by Gasteiger charge is -2.16. The molecule has 0 N–H and O–H groups in total. The number of nitrogens with zero attached hydrogens (tertiary/aromatic N) is 3. The van der Waals surface area contributed by atoms with E-state index in [-0.39, 0.29) is 24.6 Å². The summed E-state index contributed by atoms with van der Waals surface area (Å²) in [5.41, 5.74) is 1.38. The number of para-hydroxylation sites is 1. The van der Waals surface area contributed by atoms with Crippen LogP contribution in [0.2, 0.25) is 0 Å². The van der Waals surface area contributed by atoms with Crippen molar-refractivity contribution in [1.29, 1.82) is 0 Å². The van der Waals surface area contributed by atoms with E-state index in [4.69, 9.17) is 23.6 Å².